The molecule has 0 spiro atoms. The maximum Gasteiger partial charge on any atom is 0.353 e. The molecular formula is C10H12N4O4. The van der Waals surface area contributed by atoms with E-state index in [2.05, 4.69) is 20.4 Å². The summed E-state index contributed by atoms with van der Waals surface area (Å²) in [4.78, 5) is 34.0. The summed E-state index contributed by atoms with van der Waals surface area (Å²) in [6, 6.07) is -0.315. The Hall–Kier alpha value is -2.38. The Morgan fingerprint density at radius 3 is 3.00 bits per heavy atom. The zero-order chi connectivity index (χ0) is 13.1. The maximum atomic E-state index is 11.8. The molecule has 96 valence electrons. The summed E-state index contributed by atoms with van der Waals surface area (Å²) in [5.74, 6) is -0.982. The molecular weight excluding hydrogens is 240 g/mol. The highest BCUT2D eigenvalue weighted by Gasteiger charge is 2.32. The first-order valence-electron chi connectivity index (χ1n) is 5.33. The van der Waals surface area contributed by atoms with Crippen molar-refractivity contribution in [1.29, 1.82) is 0 Å². The second-order valence-corrected chi connectivity index (χ2v) is 3.85. The Morgan fingerprint density at radius 2 is 2.44 bits per heavy atom. The summed E-state index contributed by atoms with van der Waals surface area (Å²) in [5, 5.41) is 14.7. The third-order valence-electron chi connectivity index (χ3n) is 2.50. The number of aromatic nitrogens is 2. The molecule has 2 rings (SSSR count). The van der Waals surface area contributed by atoms with Gasteiger partial charge in [0.1, 0.15) is 5.82 Å². The minimum absolute atomic E-state index is 0.0357. The predicted molar refractivity (Wildman–Crippen MR) is 59.7 cm³/mol. The Labute approximate surface area is 102 Å². The number of imidazole rings is 1. The van der Waals surface area contributed by atoms with E-state index in [0.29, 0.717) is 5.82 Å². The fraction of sp³-hybridized carbons (Fsp3) is 0.400. The van der Waals surface area contributed by atoms with Crippen LogP contribution in [0.25, 0.3) is 0 Å². The number of carboxylic acid groups (broad SMARTS) is 1. The zero-order valence-corrected chi connectivity index (χ0v) is 9.58. The van der Waals surface area contributed by atoms with E-state index in [9.17, 15) is 9.59 Å². The van der Waals surface area contributed by atoms with Crippen molar-refractivity contribution in [2.75, 3.05) is 0 Å². The molecule has 2 unspecified atom stereocenters. The van der Waals surface area contributed by atoms with E-state index in [1.165, 1.54) is 0 Å². The number of oxime groups is 1. The van der Waals surface area contributed by atoms with E-state index < -0.39 is 18.0 Å². The van der Waals surface area contributed by atoms with E-state index >= 15 is 0 Å². The summed E-state index contributed by atoms with van der Waals surface area (Å²) >= 11 is 0. The van der Waals surface area contributed by atoms with Crippen LogP contribution in [0, 0.1) is 0 Å². The first kappa shape index (κ1) is 12.1. The number of hydrogen-bond acceptors (Lipinski definition) is 5. The van der Waals surface area contributed by atoms with Gasteiger partial charge in [-0.15, -0.1) is 0 Å². The maximum absolute atomic E-state index is 11.8. The van der Waals surface area contributed by atoms with Crippen LogP contribution in [-0.4, -0.2) is 38.8 Å². The van der Waals surface area contributed by atoms with Crippen molar-refractivity contribution in [3.8, 4) is 0 Å². The number of nitrogens with one attached hydrogen (secondary N) is 2. The van der Waals surface area contributed by atoms with Gasteiger partial charge in [-0.3, -0.25) is 4.79 Å². The highest BCUT2D eigenvalue weighted by molar-refractivity contribution is 6.36. The van der Waals surface area contributed by atoms with Gasteiger partial charge >= 0.3 is 5.97 Å². The van der Waals surface area contributed by atoms with Crippen LogP contribution >= 0.6 is 0 Å². The zero-order valence-electron chi connectivity index (χ0n) is 9.58. The molecule has 1 amide bonds. The van der Waals surface area contributed by atoms with Crippen molar-refractivity contribution in [3.63, 3.8) is 0 Å². The first-order valence-corrected chi connectivity index (χ1v) is 5.33. The fourth-order valence-electron chi connectivity index (χ4n) is 1.53. The Kier molecular flexibility index (Phi) is 3.26. The van der Waals surface area contributed by atoms with E-state index in [-0.39, 0.29) is 18.2 Å². The van der Waals surface area contributed by atoms with Crippen molar-refractivity contribution in [2.24, 2.45) is 5.16 Å². The lowest BCUT2D eigenvalue weighted by molar-refractivity contribution is -0.132. The van der Waals surface area contributed by atoms with Gasteiger partial charge < -0.3 is 20.2 Å². The molecule has 0 aromatic carbocycles. The number of H-pyrrole nitrogens is 1. The van der Waals surface area contributed by atoms with Crippen LogP contribution in [0.2, 0.25) is 0 Å². The van der Waals surface area contributed by atoms with Crippen LogP contribution in [0.5, 0.6) is 0 Å². The second-order valence-electron chi connectivity index (χ2n) is 3.85. The molecule has 0 fully saturated rings. The summed E-state index contributed by atoms with van der Waals surface area (Å²) in [6.45, 7) is 1.75. The predicted octanol–water partition coefficient (Wildman–Crippen LogP) is -0.184. The molecule has 2 heterocycles. The molecule has 1 aliphatic heterocycles. The molecule has 0 aliphatic carbocycles. The minimum atomic E-state index is -1.18. The molecule has 8 heteroatoms. The van der Waals surface area contributed by atoms with Crippen molar-refractivity contribution < 1.29 is 19.5 Å². The number of rotatable bonds is 4. The van der Waals surface area contributed by atoms with Gasteiger partial charge in [0.05, 0.1) is 6.04 Å². The third-order valence-corrected chi connectivity index (χ3v) is 2.50. The van der Waals surface area contributed by atoms with Crippen LogP contribution in [0.3, 0.4) is 0 Å². The van der Waals surface area contributed by atoms with Gasteiger partial charge in [-0.25, -0.2) is 9.78 Å². The standard InChI is InChI=1S/C10H12N4O4/c1-5(8-11-2-3-12-8)13-9(15)7-4-6(10(16)17)14-18-7/h2-3,5,7H,4H2,1H3,(H,11,12)(H,13,15)(H,16,17). The third kappa shape index (κ3) is 2.47. The van der Waals surface area contributed by atoms with Crippen LogP contribution in [0.15, 0.2) is 17.5 Å². The monoisotopic (exact) mass is 252 g/mol. The van der Waals surface area contributed by atoms with Crippen LogP contribution in [-0.2, 0) is 14.4 Å². The van der Waals surface area contributed by atoms with Crippen LogP contribution < -0.4 is 5.32 Å². The van der Waals surface area contributed by atoms with Crippen molar-refractivity contribution in [2.45, 2.75) is 25.5 Å². The molecule has 2 atom stereocenters. The van der Waals surface area contributed by atoms with Gasteiger partial charge in [0.15, 0.2) is 5.71 Å². The van der Waals surface area contributed by atoms with Gasteiger partial charge in [0.2, 0.25) is 6.10 Å². The highest BCUT2D eigenvalue weighted by Crippen LogP contribution is 2.13. The summed E-state index contributed by atoms with van der Waals surface area (Å²) in [6.07, 6.45) is 2.30. The van der Waals surface area contributed by atoms with E-state index in [0.717, 1.165) is 0 Å². The van der Waals surface area contributed by atoms with E-state index in [1.54, 1.807) is 19.3 Å². The number of nitrogens with zero attached hydrogens (tertiary/aromatic N) is 2. The number of carbonyl (C=O) groups is 2. The summed E-state index contributed by atoms with van der Waals surface area (Å²) in [7, 11) is 0. The quantitative estimate of drug-likeness (QED) is 0.687. The number of aromatic amines is 1. The molecule has 18 heavy (non-hydrogen) atoms. The molecule has 0 radical (unpaired) electrons. The van der Waals surface area contributed by atoms with Gasteiger partial charge in [0, 0.05) is 18.8 Å². The van der Waals surface area contributed by atoms with E-state index in [4.69, 9.17) is 9.94 Å². The molecule has 1 aromatic rings. The molecule has 0 bridgehead atoms. The smallest absolute Gasteiger partial charge is 0.353 e. The SMILES string of the molecule is CC(NC(=O)C1CC(C(=O)O)=NO1)c1ncc[nH]1. The van der Waals surface area contributed by atoms with Gasteiger partial charge in [-0.1, -0.05) is 5.16 Å². The van der Waals surface area contributed by atoms with Crippen molar-refractivity contribution >= 4 is 17.6 Å². The number of amides is 1. The second kappa shape index (κ2) is 4.86. The lowest BCUT2D eigenvalue weighted by atomic mass is 10.1. The van der Waals surface area contributed by atoms with Crippen LogP contribution in [0.1, 0.15) is 25.2 Å². The molecule has 3 N–H and O–H groups in total. The lowest BCUT2D eigenvalue weighted by Gasteiger charge is -2.13. The lowest BCUT2D eigenvalue weighted by Crippen LogP contribution is -2.37. The minimum Gasteiger partial charge on any atom is -0.477 e. The van der Waals surface area contributed by atoms with Gasteiger partial charge in [-0.2, -0.15) is 0 Å². The Bertz CT molecular complexity index is 482. The van der Waals surface area contributed by atoms with Crippen molar-refractivity contribution in [1.82, 2.24) is 15.3 Å². The first-order chi connectivity index (χ1) is 8.58. The summed E-state index contributed by atoms with van der Waals surface area (Å²) < 4.78 is 0. The Balaban J connectivity index is 1.89. The normalized spacial score (nSPS) is 19.8. The van der Waals surface area contributed by atoms with Crippen molar-refractivity contribution in [3.05, 3.63) is 18.2 Å². The summed E-state index contributed by atoms with van der Waals surface area (Å²) in [5.41, 5.74) is -0.152. The van der Waals surface area contributed by atoms with Gasteiger partial charge in [-0.05, 0) is 6.92 Å². The highest BCUT2D eigenvalue weighted by atomic mass is 16.6. The van der Waals surface area contributed by atoms with Crippen LogP contribution in [0.4, 0.5) is 0 Å². The molecule has 1 aliphatic rings. The van der Waals surface area contributed by atoms with Gasteiger partial charge in [0.25, 0.3) is 5.91 Å². The fourth-order valence-corrected chi connectivity index (χ4v) is 1.53. The topological polar surface area (TPSA) is 117 Å². The average molecular weight is 252 g/mol. The number of carbonyl (C=O) groups excluding carboxylic acids is 1. The molecule has 8 nitrogen and oxygen atoms in total. The number of aliphatic carboxylic acids is 1. The average Bonchev–Trinajstić information content (AvgIpc) is 3.00. The Morgan fingerprint density at radius 1 is 1.67 bits per heavy atom. The molecule has 0 saturated heterocycles. The number of carboxylic acids is 1. The molecule has 0 saturated carbocycles. The van der Waals surface area contributed by atoms with E-state index in [1.807, 2.05) is 0 Å². The molecule has 1 aromatic heterocycles. The largest absolute Gasteiger partial charge is 0.477 e. The number of hydrogen-bond donors (Lipinski definition) is 3.